The van der Waals surface area contributed by atoms with Crippen LogP contribution in [0.25, 0.3) is 0 Å². The quantitative estimate of drug-likeness (QED) is 0.767. The molecule has 1 fully saturated rings. The molecule has 0 amide bonds. The molecule has 1 atom stereocenters. The van der Waals surface area contributed by atoms with Crippen molar-refractivity contribution in [1.29, 1.82) is 0 Å². The normalized spacial score (nSPS) is 21.7. The maximum atomic E-state index is 4.34. The highest BCUT2D eigenvalue weighted by Gasteiger charge is 2.15. The predicted molar refractivity (Wildman–Crippen MR) is 59.6 cm³/mol. The summed E-state index contributed by atoms with van der Waals surface area (Å²) in [6.07, 6.45) is 1.32. The fourth-order valence-electron chi connectivity index (χ4n) is 1.78. The van der Waals surface area contributed by atoms with Gasteiger partial charge in [0.1, 0.15) is 0 Å². The zero-order valence-corrected chi connectivity index (χ0v) is 9.60. The van der Waals surface area contributed by atoms with Gasteiger partial charge in [0.25, 0.3) is 0 Å². The maximum Gasteiger partial charge on any atom is 0.0939 e. The lowest BCUT2D eigenvalue weighted by Gasteiger charge is -2.06. The molecule has 1 saturated heterocycles. The number of aromatic nitrogens is 2. The van der Waals surface area contributed by atoms with Crippen molar-refractivity contribution in [2.45, 2.75) is 18.4 Å². The molecule has 0 bridgehead atoms. The van der Waals surface area contributed by atoms with E-state index < -0.39 is 0 Å². The van der Waals surface area contributed by atoms with Gasteiger partial charge in [0.15, 0.2) is 0 Å². The molecule has 0 saturated carbocycles. The molecule has 1 N–H and O–H groups in total. The molecular weight excluding hydrogens is 194 g/mol. The third-order valence-electron chi connectivity index (χ3n) is 2.59. The first-order valence-electron chi connectivity index (χ1n) is 5.10. The van der Waals surface area contributed by atoms with Crippen molar-refractivity contribution >= 4 is 11.8 Å². The van der Waals surface area contributed by atoms with Gasteiger partial charge in [-0.1, -0.05) is 0 Å². The Balaban J connectivity index is 1.87. The molecule has 0 aliphatic carbocycles. The maximum absolute atomic E-state index is 4.34. The van der Waals surface area contributed by atoms with Crippen molar-refractivity contribution in [1.82, 2.24) is 15.1 Å². The number of thioether (sulfide) groups is 1. The lowest BCUT2D eigenvalue weighted by atomic mass is 10.2. The van der Waals surface area contributed by atoms with Crippen LogP contribution < -0.4 is 5.32 Å². The molecule has 1 aliphatic rings. The summed E-state index contributed by atoms with van der Waals surface area (Å²) >= 11 is 1.93. The molecule has 0 aromatic carbocycles. The summed E-state index contributed by atoms with van der Waals surface area (Å²) in [6.45, 7) is 4.42. The Hall–Kier alpha value is -0.480. The number of aryl methyl sites for hydroxylation is 2. The molecule has 2 rings (SSSR count). The molecule has 2 heterocycles. The zero-order chi connectivity index (χ0) is 9.97. The fourth-order valence-corrected chi connectivity index (χ4v) is 2.95. The molecule has 78 valence electrons. The summed E-state index contributed by atoms with van der Waals surface area (Å²) in [5.41, 5.74) is 1.11. The molecule has 4 heteroatoms. The van der Waals surface area contributed by atoms with Gasteiger partial charge in [0, 0.05) is 12.8 Å². The largest absolute Gasteiger partial charge is 0.316 e. The topological polar surface area (TPSA) is 29.9 Å². The molecule has 1 aromatic heterocycles. The van der Waals surface area contributed by atoms with Crippen LogP contribution in [0.1, 0.15) is 12.1 Å². The second-order valence-electron chi connectivity index (χ2n) is 3.92. The van der Waals surface area contributed by atoms with Gasteiger partial charge in [-0.15, -0.1) is 11.8 Å². The van der Waals surface area contributed by atoms with Crippen molar-refractivity contribution in [3.63, 3.8) is 0 Å². The van der Waals surface area contributed by atoms with Crippen LogP contribution >= 0.6 is 11.8 Å². The number of hydrogen-bond donors (Lipinski definition) is 1. The van der Waals surface area contributed by atoms with Crippen molar-refractivity contribution in [2.75, 3.05) is 18.8 Å². The lowest BCUT2D eigenvalue weighted by Crippen LogP contribution is -2.10. The minimum atomic E-state index is 0.843. The smallest absolute Gasteiger partial charge is 0.0939 e. The minimum Gasteiger partial charge on any atom is -0.316 e. The van der Waals surface area contributed by atoms with E-state index >= 15 is 0 Å². The van der Waals surface area contributed by atoms with E-state index in [1.165, 1.54) is 30.3 Å². The summed E-state index contributed by atoms with van der Waals surface area (Å²) < 4.78 is 1.97. The fraction of sp³-hybridized carbons (Fsp3) is 0.700. The van der Waals surface area contributed by atoms with Crippen molar-refractivity contribution in [3.05, 3.63) is 11.8 Å². The SMILES string of the molecule is Cc1cc(SCC2CCNC2)n(C)n1. The van der Waals surface area contributed by atoms with E-state index in [1.807, 2.05) is 30.4 Å². The first-order chi connectivity index (χ1) is 6.75. The number of hydrogen-bond acceptors (Lipinski definition) is 3. The van der Waals surface area contributed by atoms with E-state index in [9.17, 15) is 0 Å². The van der Waals surface area contributed by atoms with Gasteiger partial charge in [0.05, 0.1) is 10.7 Å². The van der Waals surface area contributed by atoms with Crippen LogP contribution in [0.4, 0.5) is 0 Å². The van der Waals surface area contributed by atoms with Crippen LogP contribution in [0.3, 0.4) is 0 Å². The number of nitrogens with zero attached hydrogens (tertiary/aromatic N) is 2. The van der Waals surface area contributed by atoms with Crippen molar-refractivity contribution in [3.8, 4) is 0 Å². The number of nitrogens with one attached hydrogen (secondary N) is 1. The van der Waals surface area contributed by atoms with Crippen molar-refractivity contribution in [2.24, 2.45) is 13.0 Å². The van der Waals surface area contributed by atoms with Gasteiger partial charge < -0.3 is 5.32 Å². The van der Waals surface area contributed by atoms with Crippen LogP contribution in [0.2, 0.25) is 0 Å². The first-order valence-corrected chi connectivity index (χ1v) is 6.08. The summed E-state index contributed by atoms with van der Waals surface area (Å²) in [5.74, 6) is 2.06. The highest BCUT2D eigenvalue weighted by atomic mass is 32.2. The first kappa shape index (κ1) is 10.1. The number of rotatable bonds is 3. The summed E-state index contributed by atoms with van der Waals surface area (Å²) in [5, 5.41) is 9.02. The van der Waals surface area contributed by atoms with Crippen LogP contribution in [0, 0.1) is 12.8 Å². The Kier molecular flexibility index (Phi) is 3.13. The molecule has 14 heavy (non-hydrogen) atoms. The Morgan fingerprint density at radius 2 is 2.57 bits per heavy atom. The second kappa shape index (κ2) is 4.36. The van der Waals surface area contributed by atoms with Gasteiger partial charge in [-0.25, -0.2) is 0 Å². The van der Waals surface area contributed by atoms with Crippen LogP contribution in [-0.2, 0) is 7.05 Å². The standard InChI is InChI=1S/C10H17N3S/c1-8-5-10(13(2)12-8)14-7-9-3-4-11-6-9/h5,9,11H,3-4,6-7H2,1-2H3. The van der Waals surface area contributed by atoms with Crippen LogP contribution in [0.5, 0.6) is 0 Å². The van der Waals surface area contributed by atoms with E-state index in [2.05, 4.69) is 16.5 Å². The molecule has 1 aromatic rings. The van der Waals surface area contributed by atoms with E-state index in [1.54, 1.807) is 0 Å². The van der Waals surface area contributed by atoms with Gasteiger partial charge in [-0.2, -0.15) is 5.10 Å². The Bertz CT molecular complexity index is 302. The van der Waals surface area contributed by atoms with E-state index in [4.69, 9.17) is 0 Å². The monoisotopic (exact) mass is 211 g/mol. The molecule has 0 radical (unpaired) electrons. The Morgan fingerprint density at radius 3 is 3.14 bits per heavy atom. The molecule has 3 nitrogen and oxygen atoms in total. The minimum absolute atomic E-state index is 0.843. The van der Waals surface area contributed by atoms with Crippen LogP contribution in [-0.4, -0.2) is 28.6 Å². The zero-order valence-electron chi connectivity index (χ0n) is 8.79. The van der Waals surface area contributed by atoms with Crippen molar-refractivity contribution < 1.29 is 0 Å². The van der Waals surface area contributed by atoms with E-state index in [0.29, 0.717) is 0 Å². The summed E-state index contributed by atoms with van der Waals surface area (Å²) in [6, 6.07) is 2.16. The highest BCUT2D eigenvalue weighted by Crippen LogP contribution is 2.23. The van der Waals surface area contributed by atoms with Crippen LogP contribution in [0.15, 0.2) is 11.1 Å². The molecule has 1 unspecified atom stereocenters. The third kappa shape index (κ3) is 2.30. The summed E-state index contributed by atoms with van der Waals surface area (Å²) in [4.78, 5) is 0. The average molecular weight is 211 g/mol. The van der Waals surface area contributed by atoms with Gasteiger partial charge in [-0.05, 0) is 38.4 Å². The molecule has 1 aliphatic heterocycles. The summed E-state index contributed by atoms with van der Waals surface area (Å²) in [7, 11) is 2.02. The van der Waals surface area contributed by atoms with Gasteiger partial charge >= 0.3 is 0 Å². The Morgan fingerprint density at radius 1 is 1.71 bits per heavy atom. The average Bonchev–Trinajstić information content (AvgIpc) is 2.72. The van der Waals surface area contributed by atoms with E-state index in [-0.39, 0.29) is 0 Å². The second-order valence-corrected chi connectivity index (χ2v) is 4.96. The van der Waals surface area contributed by atoms with Gasteiger partial charge in [-0.3, -0.25) is 4.68 Å². The lowest BCUT2D eigenvalue weighted by molar-refractivity contribution is 0.656. The van der Waals surface area contributed by atoms with Gasteiger partial charge in [0.2, 0.25) is 0 Å². The molecule has 0 spiro atoms. The molecular formula is C10H17N3S. The van der Waals surface area contributed by atoms with E-state index in [0.717, 1.165) is 11.6 Å². The predicted octanol–water partition coefficient (Wildman–Crippen LogP) is 1.43. The third-order valence-corrected chi connectivity index (χ3v) is 3.90. The highest BCUT2D eigenvalue weighted by molar-refractivity contribution is 7.99. The Labute approximate surface area is 89.3 Å².